The Morgan fingerprint density at radius 3 is 2.53 bits per heavy atom. The van der Waals surface area contributed by atoms with E-state index in [4.69, 9.17) is 5.73 Å². The van der Waals surface area contributed by atoms with E-state index in [2.05, 4.69) is 17.1 Å². The molecule has 0 aromatic rings. The van der Waals surface area contributed by atoms with Crippen molar-refractivity contribution in [3.8, 4) is 0 Å². The summed E-state index contributed by atoms with van der Waals surface area (Å²) < 4.78 is 0. The number of rotatable bonds is 9. The summed E-state index contributed by atoms with van der Waals surface area (Å²) >= 11 is 0. The van der Waals surface area contributed by atoms with Crippen LogP contribution in [0.4, 0.5) is 0 Å². The fraction of sp³-hybridized carbons (Fsp3) is 0.933. The lowest BCUT2D eigenvalue weighted by atomic mass is 10.0. The van der Waals surface area contributed by atoms with Gasteiger partial charge in [-0.25, -0.2) is 0 Å². The van der Waals surface area contributed by atoms with E-state index in [9.17, 15) is 4.79 Å². The molecule has 0 aliphatic carbocycles. The highest BCUT2D eigenvalue weighted by atomic mass is 16.2. The molecule has 0 aromatic carbocycles. The monoisotopic (exact) mass is 269 g/mol. The fourth-order valence-corrected chi connectivity index (χ4v) is 2.79. The van der Waals surface area contributed by atoms with Crippen molar-refractivity contribution < 1.29 is 4.79 Å². The smallest absolute Gasteiger partial charge is 0.222 e. The second-order valence-electron chi connectivity index (χ2n) is 5.52. The maximum absolute atomic E-state index is 12.3. The summed E-state index contributed by atoms with van der Waals surface area (Å²) in [6.45, 7) is 5.95. The Morgan fingerprint density at radius 1 is 1.21 bits per heavy atom. The molecule has 19 heavy (non-hydrogen) atoms. The summed E-state index contributed by atoms with van der Waals surface area (Å²) in [6.07, 6.45) is 8.39. The van der Waals surface area contributed by atoms with Gasteiger partial charge in [0.05, 0.1) is 0 Å². The third kappa shape index (κ3) is 6.39. The minimum atomic E-state index is 0.362. The van der Waals surface area contributed by atoms with Crippen molar-refractivity contribution in [3.05, 3.63) is 0 Å². The Bertz CT molecular complexity index is 240. The minimum absolute atomic E-state index is 0.362. The molecular weight excluding hydrogens is 238 g/mol. The number of unbranched alkanes of at least 4 members (excludes halogenated alkanes) is 3. The topological polar surface area (TPSA) is 58.4 Å². The highest BCUT2D eigenvalue weighted by Crippen LogP contribution is 2.15. The quantitative estimate of drug-likeness (QED) is 0.628. The number of piperidine rings is 1. The van der Waals surface area contributed by atoms with Gasteiger partial charge in [-0.1, -0.05) is 19.8 Å². The summed E-state index contributed by atoms with van der Waals surface area (Å²) in [6, 6.07) is 0.470. The zero-order valence-corrected chi connectivity index (χ0v) is 12.5. The first-order valence-electron chi connectivity index (χ1n) is 7.99. The van der Waals surface area contributed by atoms with Crippen LogP contribution in [0.2, 0.25) is 0 Å². The first-order valence-corrected chi connectivity index (χ1v) is 7.99. The molecule has 1 saturated heterocycles. The zero-order chi connectivity index (χ0) is 13.9. The predicted octanol–water partition coefficient (Wildman–Crippen LogP) is 1.89. The van der Waals surface area contributed by atoms with Crippen LogP contribution in [0.15, 0.2) is 0 Å². The number of nitrogens with one attached hydrogen (secondary N) is 1. The molecule has 4 nitrogen and oxygen atoms in total. The van der Waals surface area contributed by atoms with Crippen LogP contribution in [-0.4, -0.2) is 43.0 Å². The molecule has 1 rings (SSSR count). The Labute approximate surface area is 118 Å². The molecule has 0 bridgehead atoms. The lowest BCUT2D eigenvalue weighted by molar-refractivity contribution is -0.134. The van der Waals surface area contributed by atoms with E-state index in [1.165, 1.54) is 0 Å². The summed E-state index contributed by atoms with van der Waals surface area (Å²) in [5.74, 6) is 0.362. The molecule has 1 aliphatic heterocycles. The van der Waals surface area contributed by atoms with E-state index < -0.39 is 0 Å². The van der Waals surface area contributed by atoms with Crippen LogP contribution in [0, 0.1) is 0 Å². The summed E-state index contributed by atoms with van der Waals surface area (Å²) in [7, 11) is 0. The van der Waals surface area contributed by atoms with E-state index in [-0.39, 0.29) is 0 Å². The molecule has 0 aromatic heterocycles. The Kier molecular flexibility index (Phi) is 8.84. The van der Waals surface area contributed by atoms with Crippen molar-refractivity contribution >= 4 is 5.91 Å². The second-order valence-corrected chi connectivity index (χ2v) is 5.52. The van der Waals surface area contributed by atoms with Gasteiger partial charge in [0.15, 0.2) is 0 Å². The van der Waals surface area contributed by atoms with Gasteiger partial charge in [0.2, 0.25) is 5.91 Å². The molecule has 1 amide bonds. The zero-order valence-electron chi connectivity index (χ0n) is 12.5. The molecule has 0 spiro atoms. The van der Waals surface area contributed by atoms with Gasteiger partial charge in [-0.2, -0.15) is 0 Å². The fourth-order valence-electron chi connectivity index (χ4n) is 2.79. The average molecular weight is 269 g/mol. The summed E-state index contributed by atoms with van der Waals surface area (Å²) in [5.41, 5.74) is 5.47. The SMILES string of the molecule is CCCN(C(=O)CCCCCCN)C1CCNCC1. The van der Waals surface area contributed by atoms with Gasteiger partial charge in [0.25, 0.3) is 0 Å². The highest BCUT2D eigenvalue weighted by Gasteiger charge is 2.23. The number of hydrogen-bond acceptors (Lipinski definition) is 3. The van der Waals surface area contributed by atoms with Crippen LogP contribution in [0.25, 0.3) is 0 Å². The van der Waals surface area contributed by atoms with Crippen LogP contribution < -0.4 is 11.1 Å². The Balaban J connectivity index is 2.30. The molecule has 0 radical (unpaired) electrons. The van der Waals surface area contributed by atoms with Gasteiger partial charge in [-0.05, 0) is 51.7 Å². The minimum Gasteiger partial charge on any atom is -0.340 e. The van der Waals surface area contributed by atoms with Crippen molar-refractivity contribution in [2.75, 3.05) is 26.2 Å². The first-order chi connectivity index (χ1) is 9.29. The van der Waals surface area contributed by atoms with Crippen LogP contribution in [-0.2, 0) is 4.79 Å². The third-order valence-corrected chi connectivity index (χ3v) is 3.88. The Morgan fingerprint density at radius 2 is 1.89 bits per heavy atom. The lowest BCUT2D eigenvalue weighted by Crippen LogP contribution is -2.46. The number of carbonyl (C=O) groups excluding carboxylic acids is 1. The molecule has 0 saturated carbocycles. The lowest BCUT2D eigenvalue weighted by Gasteiger charge is -2.34. The van der Waals surface area contributed by atoms with Crippen molar-refractivity contribution in [2.24, 2.45) is 5.73 Å². The summed E-state index contributed by atoms with van der Waals surface area (Å²) in [4.78, 5) is 14.5. The van der Waals surface area contributed by atoms with Crippen LogP contribution in [0.5, 0.6) is 0 Å². The molecule has 1 fully saturated rings. The molecule has 1 heterocycles. The number of hydrogen-bond donors (Lipinski definition) is 2. The normalized spacial score (nSPS) is 16.5. The van der Waals surface area contributed by atoms with Crippen LogP contribution in [0.3, 0.4) is 0 Å². The van der Waals surface area contributed by atoms with E-state index in [1.54, 1.807) is 0 Å². The average Bonchev–Trinajstić information content (AvgIpc) is 2.45. The van der Waals surface area contributed by atoms with Crippen molar-refractivity contribution in [2.45, 2.75) is 64.3 Å². The van der Waals surface area contributed by atoms with Gasteiger partial charge < -0.3 is 16.0 Å². The number of carbonyl (C=O) groups is 1. The van der Waals surface area contributed by atoms with Crippen molar-refractivity contribution in [3.63, 3.8) is 0 Å². The maximum Gasteiger partial charge on any atom is 0.222 e. The molecule has 4 heteroatoms. The third-order valence-electron chi connectivity index (χ3n) is 3.88. The number of nitrogens with two attached hydrogens (primary N) is 1. The highest BCUT2D eigenvalue weighted by molar-refractivity contribution is 5.76. The largest absolute Gasteiger partial charge is 0.340 e. The van der Waals surface area contributed by atoms with Crippen LogP contribution >= 0.6 is 0 Å². The maximum atomic E-state index is 12.3. The van der Waals surface area contributed by atoms with E-state index in [0.29, 0.717) is 18.4 Å². The summed E-state index contributed by atoms with van der Waals surface area (Å²) in [5, 5.41) is 3.37. The van der Waals surface area contributed by atoms with E-state index >= 15 is 0 Å². The second kappa shape index (κ2) is 10.2. The van der Waals surface area contributed by atoms with Gasteiger partial charge in [-0.15, -0.1) is 0 Å². The Hall–Kier alpha value is -0.610. The van der Waals surface area contributed by atoms with E-state index in [1.807, 2.05) is 0 Å². The molecule has 0 atom stereocenters. The molecule has 112 valence electrons. The van der Waals surface area contributed by atoms with Gasteiger partial charge >= 0.3 is 0 Å². The molecule has 3 N–H and O–H groups in total. The predicted molar refractivity (Wildman–Crippen MR) is 80.0 cm³/mol. The first kappa shape index (κ1) is 16.4. The standard InChI is InChI=1S/C15H31N3O/c1-2-13-18(14-8-11-17-12-9-14)15(19)7-5-3-4-6-10-16/h14,17H,2-13,16H2,1H3. The van der Waals surface area contributed by atoms with Crippen molar-refractivity contribution in [1.82, 2.24) is 10.2 Å². The molecular formula is C15H31N3O. The number of nitrogens with zero attached hydrogens (tertiary/aromatic N) is 1. The van der Waals surface area contributed by atoms with Gasteiger partial charge in [0.1, 0.15) is 0 Å². The van der Waals surface area contributed by atoms with Crippen molar-refractivity contribution in [1.29, 1.82) is 0 Å². The molecule has 0 unspecified atom stereocenters. The number of amides is 1. The molecule has 1 aliphatic rings. The van der Waals surface area contributed by atoms with Gasteiger partial charge in [-0.3, -0.25) is 4.79 Å². The van der Waals surface area contributed by atoms with E-state index in [0.717, 1.165) is 71.1 Å². The van der Waals surface area contributed by atoms with Crippen LogP contribution in [0.1, 0.15) is 58.3 Å². The van der Waals surface area contributed by atoms with Gasteiger partial charge in [0, 0.05) is 19.0 Å².